The average Bonchev–Trinajstić information content (AvgIpc) is 2.40. The number of anilines is 1. The second-order valence-corrected chi connectivity index (χ2v) is 6.32. The van der Waals surface area contributed by atoms with Gasteiger partial charge in [-0.05, 0) is 52.3 Å². The lowest BCUT2D eigenvalue weighted by atomic mass is 10.1. The van der Waals surface area contributed by atoms with Crippen molar-refractivity contribution >= 4 is 61.0 Å². The second kappa shape index (κ2) is 6.60. The van der Waals surface area contributed by atoms with E-state index in [1.807, 2.05) is 0 Å². The van der Waals surface area contributed by atoms with Gasteiger partial charge >= 0.3 is 5.97 Å². The molecule has 21 heavy (non-hydrogen) atoms. The normalized spacial score (nSPS) is 10.2. The molecular formula is C14H8Br2ClNO3. The first-order valence-corrected chi connectivity index (χ1v) is 7.63. The van der Waals surface area contributed by atoms with Crippen molar-refractivity contribution in [1.29, 1.82) is 0 Å². The molecule has 108 valence electrons. The minimum atomic E-state index is -1.07. The van der Waals surface area contributed by atoms with Gasteiger partial charge in [-0.3, -0.25) is 4.79 Å². The SMILES string of the molecule is O=C(O)c1cc(Br)cc(NC(=O)c2cc(Cl)ccc2Br)c1. The van der Waals surface area contributed by atoms with Crippen molar-refractivity contribution in [3.05, 3.63) is 61.5 Å². The topological polar surface area (TPSA) is 66.4 Å². The number of carbonyl (C=O) groups excluding carboxylic acids is 1. The van der Waals surface area contributed by atoms with E-state index in [2.05, 4.69) is 37.2 Å². The van der Waals surface area contributed by atoms with E-state index >= 15 is 0 Å². The first-order valence-electron chi connectivity index (χ1n) is 5.67. The summed E-state index contributed by atoms with van der Waals surface area (Å²) in [6.45, 7) is 0. The van der Waals surface area contributed by atoms with Crippen LogP contribution in [0.4, 0.5) is 5.69 Å². The van der Waals surface area contributed by atoms with Gasteiger partial charge in [-0.15, -0.1) is 0 Å². The van der Waals surface area contributed by atoms with Crippen LogP contribution in [0.3, 0.4) is 0 Å². The van der Waals surface area contributed by atoms with E-state index in [0.717, 1.165) is 0 Å². The molecule has 0 aromatic heterocycles. The zero-order valence-corrected chi connectivity index (χ0v) is 14.3. The Morgan fingerprint density at radius 3 is 2.48 bits per heavy atom. The number of carboxylic acid groups (broad SMARTS) is 1. The highest BCUT2D eigenvalue weighted by Gasteiger charge is 2.13. The van der Waals surface area contributed by atoms with Gasteiger partial charge in [-0.25, -0.2) is 4.79 Å². The van der Waals surface area contributed by atoms with Crippen LogP contribution in [0.2, 0.25) is 5.02 Å². The van der Waals surface area contributed by atoms with Gasteiger partial charge in [0.1, 0.15) is 0 Å². The van der Waals surface area contributed by atoms with Crippen molar-refractivity contribution < 1.29 is 14.7 Å². The number of halogens is 3. The summed E-state index contributed by atoms with van der Waals surface area (Å²) < 4.78 is 1.15. The number of carbonyl (C=O) groups is 2. The molecule has 0 saturated heterocycles. The highest BCUT2D eigenvalue weighted by molar-refractivity contribution is 9.10. The number of aromatic carboxylic acids is 1. The second-order valence-electron chi connectivity index (χ2n) is 4.11. The van der Waals surface area contributed by atoms with Gasteiger partial charge in [0.25, 0.3) is 5.91 Å². The molecule has 0 aliphatic carbocycles. The zero-order valence-electron chi connectivity index (χ0n) is 10.4. The van der Waals surface area contributed by atoms with E-state index < -0.39 is 5.97 Å². The molecule has 0 unspecified atom stereocenters. The summed E-state index contributed by atoms with van der Waals surface area (Å²) in [7, 11) is 0. The highest BCUT2D eigenvalue weighted by Crippen LogP contribution is 2.24. The van der Waals surface area contributed by atoms with Gasteiger partial charge < -0.3 is 10.4 Å². The minimum absolute atomic E-state index is 0.0739. The van der Waals surface area contributed by atoms with Crippen LogP contribution in [0.15, 0.2) is 45.3 Å². The van der Waals surface area contributed by atoms with E-state index in [4.69, 9.17) is 16.7 Å². The highest BCUT2D eigenvalue weighted by atomic mass is 79.9. The molecule has 0 fully saturated rings. The Labute approximate surface area is 142 Å². The summed E-state index contributed by atoms with van der Waals surface area (Å²) in [6.07, 6.45) is 0. The molecule has 0 saturated carbocycles. The zero-order chi connectivity index (χ0) is 15.6. The molecule has 2 aromatic carbocycles. The molecule has 7 heteroatoms. The molecule has 0 bridgehead atoms. The first-order chi connectivity index (χ1) is 9.86. The number of benzene rings is 2. The van der Waals surface area contributed by atoms with Crippen LogP contribution in [0.5, 0.6) is 0 Å². The number of amides is 1. The van der Waals surface area contributed by atoms with Crippen molar-refractivity contribution in [1.82, 2.24) is 0 Å². The third kappa shape index (κ3) is 4.06. The molecule has 2 rings (SSSR count). The Hall–Kier alpha value is -1.37. The van der Waals surface area contributed by atoms with Crippen molar-refractivity contribution in [2.45, 2.75) is 0 Å². The van der Waals surface area contributed by atoms with Gasteiger partial charge in [0, 0.05) is 19.7 Å². The standard InChI is InChI=1S/C14H8Br2ClNO3/c15-8-3-7(14(20)21)4-10(5-8)18-13(19)11-6-9(17)1-2-12(11)16/h1-6H,(H,18,19)(H,20,21). The number of hydrogen-bond donors (Lipinski definition) is 2. The van der Waals surface area contributed by atoms with Gasteiger partial charge in [0.2, 0.25) is 0 Å². The third-order valence-corrected chi connectivity index (χ3v) is 3.96. The lowest BCUT2D eigenvalue weighted by Gasteiger charge is -2.09. The fraction of sp³-hybridized carbons (Fsp3) is 0. The molecule has 0 spiro atoms. The van der Waals surface area contributed by atoms with Crippen molar-refractivity contribution in [2.75, 3.05) is 5.32 Å². The predicted molar refractivity (Wildman–Crippen MR) is 88.2 cm³/mol. The van der Waals surface area contributed by atoms with E-state index in [-0.39, 0.29) is 11.5 Å². The van der Waals surface area contributed by atoms with Gasteiger partial charge in [-0.2, -0.15) is 0 Å². The number of carboxylic acids is 1. The van der Waals surface area contributed by atoms with Crippen LogP contribution in [0.1, 0.15) is 20.7 Å². The van der Waals surface area contributed by atoms with Gasteiger partial charge in [0.05, 0.1) is 11.1 Å². The maximum Gasteiger partial charge on any atom is 0.335 e. The van der Waals surface area contributed by atoms with Gasteiger partial charge in [-0.1, -0.05) is 27.5 Å². The van der Waals surface area contributed by atoms with Crippen molar-refractivity contribution in [2.24, 2.45) is 0 Å². The Kier molecular flexibility index (Phi) is 5.03. The molecule has 0 atom stereocenters. The predicted octanol–water partition coefficient (Wildman–Crippen LogP) is 4.82. The van der Waals surface area contributed by atoms with Gasteiger partial charge in [0.15, 0.2) is 0 Å². The largest absolute Gasteiger partial charge is 0.478 e. The Morgan fingerprint density at radius 2 is 1.81 bits per heavy atom. The number of nitrogens with one attached hydrogen (secondary N) is 1. The molecule has 4 nitrogen and oxygen atoms in total. The number of hydrogen-bond acceptors (Lipinski definition) is 2. The fourth-order valence-corrected chi connectivity index (χ4v) is 2.75. The summed E-state index contributed by atoms with van der Waals surface area (Å²) in [6, 6.07) is 9.29. The van der Waals surface area contributed by atoms with Crippen LogP contribution in [0, 0.1) is 0 Å². The Bertz CT molecular complexity index is 734. The monoisotopic (exact) mass is 431 g/mol. The fourth-order valence-electron chi connectivity index (χ4n) is 1.66. The maximum absolute atomic E-state index is 12.2. The average molecular weight is 433 g/mol. The molecule has 2 N–H and O–H groups in total. The van der Waals surface area contributed by atoms with Crippen molar-refractivity contribution in [3.63, 3.8) is 0 Å². The minimum Gasteiger partial charge on any atom is -0.478 e. The van der Waals surface area contributed by atoms with Crippen LogP contribution >= 0.6 is 43.5 Å². The lowest BCUT2D eigenvalue weighted by molar-refractivity contribution is 0.0696. The van der Waals surface area contributed by atoms with E-state index in [0.29, 0.717) is 25.2 Å². The van der Waals surface area contributed by atoms with E-state index in [1.54, 1.807) is 18.2 Å². The molecular weight excluding hydrogens is 425 g/mol. The summed E-state index contributed by atoms with van der Waals surface area (Å²) in [5, 5.41) is 12.1. The quantitative estimate of drug-likeness (QED) is 0.730. The Morgan fingerprint density at radius 1 is 1.10 bits per heavy atom. The first kappa shape index (κ1) is 16.0. The van der Waals surface area contributed by atoms with E-state index in [9.17, 15) is 9.59 Å². The summed E-state index contributed by atoms with van der Waals surface area (Å²) in [5.74, 6) is -1.46. The van der Waals surface area contributed by atoms with Crippen LogP contribution < -0.4 is 5.32 Å². The van der Waals surface area contributed by atoms with Crippen LogP contribution in [-0.4, -0.2) is 17.0 Å². The molecule has 0 radical (unpaired) electrons. The summed E-state index contributed by atoms with van der Waals surface area (Å²) >= 11 is 12.4. The maximum atomic E-state index is 12.2. The van der Waals surface area contributed by atoms with Crippen LogP contribution in [0.25, 0.3) is 0 Å². The molecule has 0 aliphatic rings. The number of rotatable bonds is 3. The molecule has 0 aliphatic heterocycles. The lowest BCUT2D eigenvalue weighted by Crippen LogP contribution is -2.13. The molecule has 2 aromatic rings. The molecule has 1 amide bonds. The summed E-state index contributed by atoms with van der Waals surface area (Å²) in [4.78, 5) is 23.2. The van der Waals surface area contributed by atoms with Crippen LogP contribution in [-0.2, 0) is 0 Å². The van der Waals surface area contributed by atoms with Crippen molar-refractivity contribution in [3.8, 4) is 0 Å². The van der Waals surface area contributed by atoms with E-state index in [1.165, 1.54) is 18.2 Å². The Balaban J connectivity index is 2.31. The smallest absolute Gasteiger partial charge is 0.335 e. The molecule has 0 heterocycles. The summed E-state index contributed by atoms with van der Waals surface area (Å²) in [5.41, 5.74) is 0.808. The third-order valence-electron chi connectivity index (χ3n) is 2.58.